The van der Waals surface area contributed by atoms with Crippen molar-refractivity contribution in [2.24, 2.45) is 17.8 Å². The van der Waals surface area contributed by atoms with Crippen LogP contribution in [-0.2, 0) is 4.79 Å². The average molecular weight is 150 g/mol. The fourth-order valence-corrected chi connectivity index (χ4v) is 2.30. The molecule has 2 unspecified atom stereocenters. The van der Waals surface area contributed by atoms with Crippen molar-refractivity contribution in [3.63, 3.8) is 0 Å². The summed E-state index contributed by atoms with van der Waals surface area (Å²) in [5, 5.41) is 0. The Labute approximate surface area is 67.5 Å². The monoisotopic (exact) mass is 150 g/mol. The maximum atomic E-state index is 11.0. The van der Waals surface area contributed by atoms with Crippen LogP contribution in [0.5, 0.6) is 0 Å². The number of allylic oxidation sites excluding steroid dienone is 2. The first kappa shape index (κ1) is 7.08. The summed E-state index contributed by atoms with van der Waals surface area (Å²) < 4.78 is 0. The van der Waals surface area contributed by atoms with Gasteiger partial charge in [-0.3, -0.25) is 4.79 Å². The van der Waals surface area contributed by atoms with Gasteiger partial charge in [0.25, 0.3) is 0 Å². The lowest BCUT2D eigenvalue weighted by molar-refractivity contribution is -0.131. The third kappa shape index (κ3) is 0.867. The molecule has 60 valence electrons. The van der Waals surface area contributed by atoms with E-state index in [1.807, 2.05) is 0 Å². The van der Waals surface area contributed by atoms with Crippen LogP contribution in [0.25, 0.3) is 0 Å². The van der Waals surface area contributed by atoms with Gasteiger partial charge in [0.15, 0.2) is 0 Å². The molecule has 0 radical (unpaired) electrons. The molecule has 0 N–H and O–H groups in total. The molecule has 1 fully saturated rings. The largest absolute Gasteiger partial charge is 0.299 e. The summed E-state index contributed by atoms with van der Waals surface area (Å²) >= 11 is 0. The summed E-state index contributed by atoms with van der Waals surface area (Å²) in [6.45, 7) is 4.44. The van der Waals surface area contributed by atoms with Crippen molar-refractivity contribution in [3.05, 3.63) is 11.6 Å². The Hall–Kier alpha value is -0.590. The molecule has 0 amide bonds. The van der Waals surface area contributed by atoms with Gasteiger partial charge in [0.1, 0.15) is 5.78 Å². The van der Waals surface area contributed by atoms with Crippen molar-refractivity contribution >= 4 is 5.78 Å². The van der Waals surface area contributed by atoms with E-state index in [1.54, 1.807) is 0 Å². The minimum Gasteiger partial charge on any atom is -0.299 e. The van der Waals surface area contributed by atoms with E-state index in [4.69, 9.17) is 0 Å². The zero-order valence-electron chi connectivity index (χ0n) is 7.13. The third-order valence-corrected chi connectivity index (χ3v) is 3.02. The molecule has 0 aromatic heterocycles. The lowest BCUT2D eigenvalue weighted by atomic mass is 9.70. The van der Waals surface area contributed by atoms with Crippen LogP contribution < -0.4 is 0 Å². The second-order valence-corrected chi connectivity index (χ2v) is 3.98. The Kier molecular flexibility index (Phi) is 1.41. The lowest BCUT2D eigenvalue weighted by Crippen LogP contribution is -2.35. The van der Waals surface area contributed by atoms with E-state index >= 15 is 0 Å². The maximum Gasteiger partial charge on any atom is 0.137 e. The van der Waals surface area contributed by atoms with Gasteiger partial charge in [0, 0.05) is 12.3 Å². The van der Waals surface area contributed by atoms with Crippen molar-refractivity contribution in [1.29, 1.82) is 0 Å². The molecule has 0 aromatic carbocycles. The number of Topliss-reactive ketones (excluding diaryl/α,β-unsaturated/α-hetero) is 1. The van der Waals surface area contributed by atoms with Gasteiger partial charge < -0.3 is 0 Å². The van der Waals surface area contributed by atoms with Crippen LogP contribution in [-0.4, -0.2) is 5.78 Å². The first-order chi connectivity index (χ1) is 5.20. The van der Waals surface area contributed by atoms with E-state index in [-0.39, 0.29) is 0 Å². The maximum absolute atomic E-state index is 11.0. The summed E-state index contributed by atoms with van der Waals surface area (Å²) in [6.07, 6.45) is 4.14. The fourth-order valence-electron chi connectivity index (χ4n) is 2.30. The molecular formula is C10H14O. The van der Waals surface area contributed by atoms with Crippen molar-refractivity contribution in [2.75, 3.05) is 0 Å². The van der Waals surface area contributed by atoms with Gasteiger partial charge in [-0.25, -0.2) is 0 Å². The highest BCUT2D eigenvalue weighted by Crippen LogP contribution is 2.46. The van der Waals surface area contributed by atoms with Crippen LogP contribution in [0.1, 0.15) is 26.7 Å². The van der Waals surface area contributed by atoms with E-state index in [0.717, 1.165) is 12.8 Å². The molecular weight excluding hydrogens is 136 g/mol. The third-order valence-electron chi connectivity index (χ3n) is 3.02. The summed E-state index contributed by atoms with van der Waals surface area (Å²) in [7, 11) is 0. The standard InChI is InChI=1S/C10H14O/c1-6(2)7-3-4-8-9(7)5-10(8)11/h3,6,8-9H,4-5H2,1-2H3. The molecule has 0 heterocycles. The smallest absolute Gasteiger partial charge is 0.137 e. The minimum atomic E-state index is 0.396. The Bertz CT molecular complexity index is 225. The fraction of sp³-hybridized carbons (Fsp3) is 0.700. The van der Waals surface area contributed by atoms with Gasteiger partial charge in [0.05, 0.1) is 0 Å². The zero-order chi connectivity index (χ0) is 8.01. The summed E-state index contributed by atoms with van der Waals surface area (Å²) in [5.41, 5.74) is 1.54. The Morgan fingerprint density at radius 2 is 2.18 bits per heavy atom. The molecule has 2 aliphatic carbocycles. The van der Waals surface area contributed by atoms with E-state index in [0.29, 0.717) is 23.5 Å². The molecule has 2 atom stereocenters. The Balaban J connectivity index is 2.12. The topological polar surface area (TPSA) is 17.1 Å². The van der Waals surface area contributed by atoms with Crippen LogP contribution in [0.3, 0.4) is 0 Å². The molecule has 2 aliphatic rings. The predicted octanol–water partition coefficient (Wildman–Crippen LogP) is 2.18. The van der Waals surface area contributed by atoms with Crippen LogP contribution in [0.2, 0.25) is 0 Å². The minimum absolute atomic E-state index is 0.396. The van der Waals surface area contributed by atoms with E-state index in [9.17, 15) is 4.79 Å². The zero-order valence-corrected chi connectivity index (χ0v) is 7.13. The second-order valence-electron chi connectivity index (χ2n) is 3.98. The van der Waals surface area contributed by atoms with Gasteiger partial charge in [-0.1, -0.05) is 25.5 Å². The van der Waals surface area contributed by atoms with E-state index < -0.39 is 0 Å². The summed E-state index contributed by atoms with van der Waals surface area (Å²) in [5.74, 6) is 2.18. The van der Waals surface area contributed by atoms with Crippen molar-refractivity contribution < 1.29 is 4.79 Å². The first-order valence-corrected chi connectivity index (χ1v) is 4.43. The number of hydrogen-bond acceptors (Lipinski definition) is 1. The molecule has 11 heavy (non-hydrogen) atoms. The van der Waals surface area contributed by atoms with Crippen molar-refractivity contribution in [2.45, 2.75) is 26.7 Å². The van der Waals surface area contributed by atoms with Crippen LogP contribution in [0.4, 0.5) is 0 Å². The van der Waals surface area contributed by atoms with Gasteiger partial charge in [-0.05, 0) is 18.3 Å². The molecule has 0 aliphatic heterocycles. The van der Waals surface area contributed by atoms with Crippen LogP contribution in [0.15, 0.2) is 11.6 Å². The van der Waals surface area contributed by atoms with E-state index in [1.165, 1.54) is 5.57 Å². The highest BCUT2D eigenvalue weighted by atomic mass is 16.1. The number of ketones is 1. The number of rotatable bonds is 1. The molecule has 0 aromatic rings. The molecule has 0 saturated heterocycles. The highest BCUT2D eigenvalue weighted by Gasteiger charge is 2.44. The molecule has 1 heteroatoms. The summed E-state index contributed by atoms with van der Waals surface area (Å²) in [6, 6.07) is 0. The SMILES string of the molecule is CC(C)C1=CCC2C(=O)CC12. The van der Waals surface area contributed by atoms with E-state index in [2.05, 4.69) is 19.9 Å². The molecule has 0 spiro atoms. The van der Waals surface area contributed by atoms with Gasteiger partial charge in [0.2, 0.25) is 0 Å². The van der Waals surface area contributed by atoms with Crippen molar-refractivity contribution in [3.8, 4) is 0 Å². The number of fused-ring (bicyclic) bond motifs is 1. The number of carbonyl (C=O) groups excluding carboxylic acids is 1. The second kappa shape index (κ2) is 2.20. The number of carbonyl (C=O) groups is 1. The van der Waals surface area contributed by atoms with Crippen LogP contribution >= 0.6 is 0 Å². The predicted molar refractivity (Wildman–Crippen MR) is 44.1 cm³/mol. The molecule has 0 bridgehead atoms. The summed E-state index contributed by atoms with van der Waals surface area (Å²) in [4.78, 5) is 11.0. The molecule has 2 rings (SSSR count). The van der Waals surface area contributed by atoms with Gasteiger partial charge >= 0.3 is 0 Å². The van der Waals surface area contributed by atoms with Crippen LogP contribution in [0, 0.1) is 17.8 Å². The van der Waals surface area contributed by atoms with Gasteiger partial charge in [-0.15, -0.1) is 0 Å². The lowest BCUT2D eigenvalue weighted by Gasteiger charge is -2.32. The Morgan fingerprint density at radius 1 is 1.45 bits per heavy atom. The molecule has 1 nitrogen and oxygen atoms in total. The quantitative estimate of drug-likeness (QED) is 0.523. The average Bonchev–Trinajstić information content (AvgIpc) is 2.25. The number of hydrogen-bond donors (Lipinski definition) is 0. The molecule has 1 saturated carbocycles. The van der Waals surface area contributed by atoms with Gasteiger partial charge in [-0.2, -0.15) is 0 Å². The highest BCUT2D eigenvalue weighted by molar-refractivity contribution is 5.89. The van der Waals surface area contributed by atoms with Crippen molar-refractivity contribution in [1.82, 2.24) is 0 Å². The normalized spacial score (nSPS) is 35.2. The Morgan fingerprint density at radius 3 is 2.64 bits per heavy atom. The first-order valence-electron chi connectivity index (χ1n) is 4.43.